The van der Waals surface area contributed by atoms with Gasteiger partial charge in [0.25, 0.3) is 0 Å². The molecule has 0 radical (unpaired) electrons. The molecule has 1 nitrogen and oxygen atoms in total. The minimum absolute atomic E-state index is 0.519. The first-order valence-corrected chi connectivity index (χ1v) is 8.44. The van der Waals surface area contributed by atoms with Crippen molar-refractivity contribution in [3.63, 3.8) is 0 Å². The van der Waals surface area contributed by atoms with Crippen LogP contribution in [0.15, 0.2) is 18.2 Å². The predicted octanol–water partition coefficient (Wildman–Crippen LogP) is 5.56. The number of rotatable bonds is 9. The Morgan fingerprint density at radius 2 is 1.75 bits per heavy atom. The molecule has 0 aliphatic rings. The molecule has 0 saturated heterocycles. The third-order valence-electron chi connectivity index (χ3n) is 4.43. The molecular formula is C19H33N. The molecule has 0 aromatic heterocycles. The number of nitrogens with one attached hydrogen (secondary N) is 1. The van der Waals surface area contributed by atoms with Gasteiger partial charge in [-0.2, -0.15) is 0 Å². The van der Waals surface area contributed by atoms with Gasteiger partial charge in [0.1, 0.15) is 0 Å². The van der Waals surface area contributed by atoms with Crippen LogP contribution >= 0.6 is 0 Å². The van der Waals surface area contributed by atoms with E-state index in [2.05, 4.69) is 58.1 Å². The standard InChI is InChI=1S/C19H33N/c1-6-9-10-17(8-3)19(20-13-7-2)18-12-11-15(4)16(5)14-18/h11-12,14,17,19-20H,6-10,13H2,1-5H3. The largest absolute Gasteiger partial charge is 0.310 e. The molecule has 0 aliphatic heterocycles. The molecule has 0 bridgehead atoms. The van der Waals surface area contributed by atoms with Crippen molar-refractivity contribution in [3.8, 4) is 0 Å². The molecule has 2 atom stereocenters. The quantitative estimate of drug-likeness (QED) is 0.622. The van der Waals surface area contributed by atoms with Crippen LogP contribution in [0.1, 0.15) is 75.6 Å². The highest BCUT2D eigenvalue weighted by Gasteiger charge is 2.21. The topological polar surface area (TPSA) is 12.0 Å². The number of aryl methyl sites for hydroxylation is 2. The van der Waals surface area contributed by atoms with Crippen LogP contribution in [0.4, 0.5) is 0 Å². The van der Waals surface area contributed by atoms with Crippen LogP contribution in [0.5, 0.6) is 0 Å². The fourth-order valence-corrected chi connectivity index (χ4v) is 2.89. The van der Waals surface area contributed by atoms with E-state index >= 15 is 0 Å². The van der Waals surface area contributed by atoms with Gasteiger partial charge < -0.3 is 5.32 Å². The normalized spacial score (nSPS) is 14.2. The first kappa shape index (κ1) is 17.2. The number of unbranched alkanes of at least 4 members (excludes halogenated alkanes) is 1. The van der Waals surface area contributed by atoms with Crippen molar-refractivity contribution in [2.45, 2.75) is 72.8 Å². The maximum absolute atomic E-state index is 3.79. The molecule has 20 heavy (non-hydrogen) atoms. The first-order chi connectivity index (χ1) is 9.63. The van der Waals surface area contributed by atoms with E-state index in [4.69, 9.17) is 0 Å². The van der Waals surface area contributed by atoms with Crippen LogP contribution in [-0.4, -0.2) is 6.54 Å². The van der Waals surface area contributed by atoms with Gasteiger partial charge in [0.05, 0.1) is 0 Å². The fourth-order valence-electron chi connectivity index (χ4n) is 2.89. The van der Waals surface area contributed by atoms with Crippen LogP contribution in [0.25, 0.3) is 0 Å². The Hall–Kier alpha value is -0.820. The van der Waals surface area contributed by atoms with Gasteiger partial charge in [0.2, 0.25) is 0 Å². The zero-order chi connectivity index (χ0) is 15.0. The first-order valence-electron chi connectivity index (χ1n) is 8.44. The number of hydrogen-bond donors (Lipinski definition) is 1. The summed E-state index contributed by atoms with van der Waals surface area (Å²) in [4.78, 5) is 0. The third-order valence-corrected chi connectivity index (χ3v) is 4.43. The minimum Gasteiger partial charge on any atom is -0.310 e. The van der Waals surface area contributed by atoms with E-state index in [0.717, 1.165) is 12.5 Å². The molecule has 1 heteroatoms. The summed E-state index contributed by atoms with van der Waals surface area (Å²) >= 11 is 0. The summed E-state index contributed by atoms with van der Waals surface area (Å²) in [6.07, 6.45) is 6.43. The fraction of sp³-hybridized carbons (Fsp3) is 0.684. The molecule has 0 heterocycles. The van der Waals surface area contributed by atoms with Crippen LogP contribution in [0, 0.1) is 19.8 Å². The van der Waals surface area contributed by atoms with Gasteiger partial charge >= 0.3 is 0 Å². The van der Waals surface area contributed by atoms with Crippen molar-refractivity contribution in [2.24, 2.45) is 5.92 Å². The van der Waals surface area contributed by atoms with E-state index in [1.54, 1.807) is 0 Å². The lowest BCUT2D eigenvalue weighted by Gasteiger charge is -2.28. The smallest absolute Gasteiger partial charge is 0.0348 e. The summed E-state index contributed by atoms with van der Waals surface area (Å²) in [6.45, 7) is 12.4. The van der Waals surface area contributed by atoms with Crippen molar-refractivity contribution < 1.29 is 0 Å². The zero-order valence-electron chi connectivity index (χ0n) is 14.1. The summed E-state index contributed by atoms with van der Waals surface area (Å²) < 4.78 is 0. The summed E-state index contributed by atoms with van der Waals surface area (Å²) in [5, 5.41) is 3.79. The van der Waals surface area contributed by atoms with Crippen LogP contribution in [-0.2, 0) is 0 Å². The van der Waals surface area contributed by atoms with Gasteiger partial charge in [0, 0.05) is 6.04 Å². The number of benzene rings is 1. The molecule has 0 saturated carbocycles. The van der Waals surface area contributed by atoms with Gasteiger partial charge in [-0.25, -0.2) is 0 Å². The van der Waals surface area contributed by atoms with Crippen LogP contribution in [0.2, 0.25) is 0 Å². The second-order valence-electron chi connectivity index (χ2n) is 6.09. The summed E-state index contributed by atoms with van der Waals surface area (Å²) in [5.41, 5.74) is 4.28. The lowest BCUT2D eigenvalue weighted by molar-refractivity contribution is 0.323. The highest BCUT2D eigenvalue weighted by atomic mass is 14.9. The molecule has 1 rings (SSSR count). The molecule has 2 unspecified atom stereocenters. The Bertz CT molecular complexity index is 383. The third kappa shape index (κ3) is 4.94. The van der Waals surface area contributed by atoms with E-state index in [0.29, 0.717) is 6.04 Å². The molecule has 1 aromatic carbocycles. The van der Waals surface area contributed by atoms with Crippen molar-refractivity contribution in [1.82, 2.24) is 5.32 Å². The van der Waals surface area contributed by atoms with Gasteiger partial charge in [0.15, 0.2) is 0 Å². The van der Waals surface area contributed by atoms with E-state index in [1.807, 2.05) is 0 Å². The predicted molar refractivity (Wildman–Crippen MR) is 90.3 cm³/mol. The average molecular weight is 275 g/mol. The molecule has 1 N–H and O–H groups in total. The SMILES string of the molecule is CCCCC(CC)C(NCCC)c1ccc(C)c(C)c1. The van der Waals surface area contributed by atoms with E-state index in [9.17, 15) is 0 Å². The summed E-state index contributed by atoms with van der Waals surface area (Å²) in [6, 6.07) is 7.50. The van der Waals surface area contributed by atoms with Crippen LogP contribution < -0.4 is 5.32 Å². The maximum Gasteiger partial charge on any atom is 0.0348 e. The van der Waals surface area contributed by atoms with E-state index in [-0.39, 0.29) is 0 Å². The molecule has 0 spiro atoms. The van der Waals surface area contributed by atoms with E-state index < -0.39 is 0 Å². The molecular weight excluding hydrogens is 242 g/mol. The van der Waals surface area contributed by atoms with Crippen molar-refractivity contribution in [2.75, 3.05) is 6.54 Å². The van der Waals surface area contributed by atoms with Crippen molar-refractivity contribution in [1.29, 1.82) is 0 Å². The lowest BCUT2D eigenvalue weighted by Crippen LogP contribution is -2.29. The maximum atomic E-state index is 3.79. The highest BCUT2D eigenvalue weighted by molar-refractivity contribution is 5.32. The highest BCUT2D eigenvalue weighted by Crippen LogP contribution is 2.30. The Kier molecular flexibility index (Phi) is 7.91. The van der Waals surface area contributed by atoms with Crippen molar-refractivity contribution in [3.05, 3.63) is 34.9 Å². The summed E-state index contributed by atoms with van der Waals surface area (Å²) in [7, 11) is 0. The molecule has 0 amide bonds. The second-order valence-corrected chi connectivity index (χ2v) is 6.09. The van der Waals surface area contributed by atoms with Crippen LogP contribution in [0.3, 0.4) is 0 Å². The Balaban J connectivity index is 2.93. The minimum atomic E-state index is 0.519. The Morgan fingerprint density at radius 1 is 1.00 bits per heavy atom. The van der Waals surface area contributed by atoms with E-state index in [1.165, 1.54) is 48.8 Å². The average Bonchev–Trinajstić information content (AvgIpc) is 2.45. The lowest BCUT2D eigenvalue weighted by atomic mass is 9.86. The summed E-state index contributed by atoms with van der Waals surface area (Å²) in [5.74, 6) is 0.753. The molecule has 1 aromatic rings. The molecule has 0 fully saturated rings. The second kappa shape index (κ2) is 9.18. The van der Waals surface area contributed by atoms with Gasteiger partial charge in [-0.3, -0.25) is 0 Å². The molecule has 0 aliphatic carbocycles. The van der Waals surface area contributed by atoms with Crippen molar-refractivity contribution >= 4 is 0 Å². The number of hydrogen-bond acceptors (Lipinski definition) is 1. The Labute approximate surface area is 126 Å². The monoisotopic (exact) mass is 275 g/mol. The van der Waals surface area contributed by atoms with Gasteiger partial charge in [-0.15, -0.1) is 0 Å². The zero-order valence-corrected chi connectivity index (χ0v) is 14.1. The molecule has 114 valence electrons. The van der Waals surface area contributed by atoms with Gasteiger partial charge in [-0.1, -0.05) is 58.2 Å². The Morgan fingerprint density at radius 3 is 2.30 bits per heavy atom. The van der Waals surface area contributed by atoms with Gasteiger partial charge in [-0.05, 0) is 55.8 Å².